The van der Waals surface area contributed by atoms with Gasteiger partial charge in [0.25, 0.3) is 5.91 Å². The van der Waals surface area contributed by atoms with Crippen molar-refractivity contribution >= 4 is 11.9 Å². The van der Waals surface area contributed by atoms with E-state index in [2.05, 4.69) is 5.32 Å². The Morgan fingerprint density at radius 2 is 2.18 bits per heavy atom. The summed E-state index contributed by atoms with van der Waals surface area (Å²) in [4.78, 5) is 23.7. The van der Waals surface area contributed by atoms with Gasteiger partial charge < -0.3 is 4.90 Å². The van der Waals surface area contributed by atoms with Gasteiger partial charge in [-0.1, -0.05) is 0 Å². The fraction of sp³-hybridized carbons (Fsp3) is 0.714. The zero-order valence-corrected chi connectivity index (χ0v) is 6.17. The molecule has 0 aromatic heterocycles. The molecule has 11 heavy (non-hydrogen) atoms. The second-order valence-corrected chi connectivity index (χ2v) is 3.00. The predicted molar refractivity (Wildman–Crippen MR) is 37.9 cm³/mol. The minimum Gasteiger partial charge on any atom is -0.312 e. The molecule has 2 fully saturated rings. The molecule has 0 spiro atoms. The van der Waals surface area contributed by atoms with E-state index in [0.29, 0.717) is 0 Å². The van der Waals surface area contributed by atoms with Crippen LogP contribution in [-0.4, -0.2) is 29.4 Å². The molecule has 0 radical (unpaired) electrons. The van der Waals surface area contributed by atoms with Crippen LogP contribution < -0.4 is 5.32 Å². The Kier molecular flexibility index (Phi) is 1.34. The Morgan fingerprint density at radius 1 is 1.36 bits per heavy atom. The van der Waals surface area contributed by atoms with Crippen LogP contribution in [0.1, 0.15) is 19.3 Å². The first kappa shape index (κ1) is 6.64. The van der Waals surface area contributed by atoms with E-state index in [1.807, 2.05) is 0 Å². The molecule has 1 N–H and O–H groups in total. The number of hydrogen-bond acceptors (Lipinski definition) is 2. The zero-order chi connectivity index (χ0) is 7.84. The zero-order valence-electron chi connectivity index (χ0n) is 6.17. The van der Waals surface area contributed by atoms with Crippen molar-refractivity contribution < 1.29 is 9.59 Å². The van der Waals surface area contributed by atoms with Crippen LogP contribution in [0.4, 0.5) is 4.79 Å². The third kappa shape index (κ3) is 0.895. The maximum absolute atomic E-state index is 11.0. The number of imide groups is 1. The van der Waals surface area contributed by atoms with E-state index in [1.165, 1.54) is 0 Å². The van der Waals surface area contributed by atoms with Crippen molar-refractivity contribution in [2.24, 2.45) is 0 Å². The fourth-order valence-electron chi connectivity index (χ4n) is 1.71. The highest BCUT2D eigenvalue weighted by atomic mass is 16.2. The number of carbonyl (C=O) groups excluding carboxylic acids is 2. The number of urea groups is 1. The van der Waals surface area contributed by atoms with Gasteiger partial charge in [-0.15, -0.1) is 0 Å². The molecule has 0 aromatic rings. The molecule has 2 aliphatic heterocycles. The summed E-state index contributed by atoms with van der Waals surface area (Å²) in [7, 11) is 0. The van der Waals surface area contributed by atoms with Crippen molar-refractivity contribution in [3.8, 4) is 0 Å². The molecular formula is C7H10N2O2. The maximum atomic E-state index is 11.0. The highest BCUT2D eigenvalue weighted by Crippen LogP contribution is 2.20. The molecule has 1 atom stereocenters. The van der Waals surface area contributed by atoms with Crippen LogP contribution in [0.25, 0.3) is 0 Å². The van der Waals surface area contributed by atoms with Gasteiger partial charge in [-0.2, -0.15) is 0 Å². The average molecular weight is 154 g/mol. The molecule has 0 aromatic carbocycles. The first-order valence-corrected chi connectivity index (χ1v) is 3.90. The number of rotatable bonds is 0. The average Bonchev–Trinajstić information content (AvgIpc) is 2.30. The van der Waals surface area contributed by atoms with Gasteiger partial charge in [0.1, 0.15) is 6.04 Å². The summed E-state index contributed by atoms with van der Waals surface area (Å²) in [6.07, 6.45) is 2.91. The highest BCUT2D eigenvalue weighted by molar-refractivity contribution is 6.04. The summed E-state index contributed by atoms with van der Waals surface area (Å²) in [5, 5.41) is 2.31. The molecule has 2 rings (SSSR count). The Labute approximate surface area is 64.5 Å². The van der Waals surface area contributed by atoms with E-state index >= 15 is 0 Å². The third-order valence-electron chi connectivity index (χ3n) is 2.30. The highest BCUT2D eigenvalue weighted by Gasteiger charge is 2.39. The van der Waals surface area contributed by atoms with Crippen molar-refractivity contribution in [1.29, 1.82) is 0 Å². The monoisotopic (exact) mass is 154 g/mol. The summed E-state index contributed by atoms with van der Waals surface area (Å²) in [6, 6.07) is -0.365. The van der Waals surface area contributed by atoms with Crippen LogP contribution in [0, 0.1) is 0 Å². The van der Waals surface area contributed by atoms with Crippen LogP contribution in [0.2, 0.25) is 0 Å². The Bertz CT molecular complexity index is 192. The smallest absolute Gasteiger partial charge is 0.312 e. The van der Waals surface area contributed by atoms with Gasteiger partial charge in [-0.3, -0.25) is 10.1 Å². The molecule has 4 nitrogen and oxygen atoms in total. The van der Waals surface area contributed by atoms with Crippen molar-refractivity contribution in [3.05, 3.63) is 0 Å². The van der Waals surface area contributed by atoms with Crippen LogP contribution in [-0.2, 0) is 4.79 Å². The summed E-state index contributed by atoms with van der Waals surface area (Å²) in [6.45, 7) is 0.738. The Balaban J connectivity index is 2.19. The van der Waals surface area contributed by atoms with E-state index in [0.717, 1.165) is 25.8 Å². The first-order valence-electron chi connectivity index (χ1n) is 3.90. The second kappa shape index (κ2) is 2.22. The predicted octanol–water partition coefficient (Wildman–Crippen LogP) is 0.0907. The number of fused-ring (bicyclic) bond motifs is 1. The van der Waals surface area contributed by atoms with Crippen molar-refractivity contribution in [1.82, 2.24) is 10.2 Å². The lowest BCUT2D eigenvalue weighted by atomic mass is 10.0. The molecule has 0 bridgehead atoms. The topological polar surface area (TPSA) is 49.4 Å². The molecule has 60 valence electrons. The molecular weight excluding hydrogens is 144 g/mol. The number of nitrogens with zero attached hydrogens (tertiary/aromatic N) is 1. The Morgan fingerprint density at radius 3 is 2.91 bits per heavy atom. The van der Waals surface area contributed by atoms with Gasteiger partial charge in [0.15, 0.2) is 0 Å². The fourth-order valence-corrected chi connectivity index (χ4v) is 1.71. The van der Waals surface area contributed by atoms with E-state index in [9.17, 15) is 9.59 Å². The minimum absolute atomic E-state index is 0.116. The first-order chi connectivity index (χ1) is 5.29. The van der Waals surface area contributed by atoms with Crippen LogP contribution in [0.5, 0.6) is 0 Å². The van der Waals surface area contributed by atoms with Crippen molar-refractivity contribution in [2.45, 2.75) is 25.3 Å². The summed E-state index contributed by atoms with van der Waals surface area (Å²) in [5.41, 5.74) is 0. The summed E-state index contributed by atoms with van der Waals surface area (Å²) < 4.78 is 0. The number of amides is 3. The lowest BCUT2D eigenvalue weighted by molar-refractivity contribution is -0.122. The summed E-state index contributed by atoms with van der Waals surface area (Å²) in [5.74, 6) is -0.116. The lowest BCUT2D eigenvalue weighted by Crippen LogP contribution is -2.38. The molecule has 2 saturated heterocycles. The van der Waals surface area contributed by atoms with Crippen LogP contribution >= 0.6 is 0 Å². The number of nitrogens with one attached hydrogen (secondary N) is 1. The van der Waals surface area contributed by atoms with E-state index in [-0.39, 0.29) is 18.0 Å². The van der Waals surface area contributed by atoms with Gasteiger partial charge in [0.05, 0.1) is 0 Å². The molecule has 0 unspecified atom stereocenters. The third-order valence-corrected chi connectivity index (χ3v) is 2.30. The normalized spacial score (nSPS) is 30.2. The molecule has 4 heteroatoms. The number of piperidine rings is 1. The quantitative estimate of drug-likeness (QED) is 0.503. The van der Waals surface area contributed by atoms with E-state index < -0.39 is 0 Å². The SMILES string of the molecule is O=C1NC(=O)N2CCCC[C@@H]12. The number of hydrogen-bond donors (Lipinski definition) is 1. The van der Waals surface area contributed by atoms with Gasteiger partial charge in [-0.05, 0) is 19.3 Å². The second-order valence-electron chi connectivity index (χ2n) is 3.00. The molecule has 2 heterocycles. The van der Waals surface area contributed by atoms with Gasteiger partial charge >= 0.3 is 6.03 Å². The van der Waals surface area contributed by atoms with Gasteiger partial charge in [-0.25, -0.2) is 4.79 Å². The van der Waals surface area contributed by atoms with Gasteiger partial charge in [0, 0.05) is 6.54 Å². The minimum atomic E-state index is -0.209. The maximum Gasteiger partial charge on any atom is 0.324 e. The van der Waals surface area contributed by atoms with Gasteiger partial charge in [0.2, 0.25) is 0 Å². The van der Waals surface area contributed by atoms with Crippen molar-refractivity contribution in [2.75, 3.05) is 6.54 Å². The van der Waals surface area contributed by atoms with Crippen molar-refractivity contribution in [3.63, 3.8) is 0 Å². The molecule has 0 saturated carbocycles. The molecule has 2 aliphatic rings. The summed E-state index contributed by atoms with van der Waals surface area (Å²) >= 11 is 0. The largest absolute Gasteiger partial charge is 0.324 e. The molecule has 0 aliphatic carbocycles. The van der Waals surface area contributed by atoms with E-state index in [1.54, 1.807) is 4.90 Å². The standard InChI is InChI=1S/C7H10N2O2/c10-6-5-3-1-2-4-9(5)7(11)8-6/h5H,1-4H2,(H,8,10,11)/t5-/m0/s1. The molecule has 3 amide bonds. The number of carbonyl (C=O) groups is 2. The lowest BCUT2D eigenvalue weighted by Gasteiger charge is -2.25. The van der Waals surface area contributed by atoms with Crippen LogP contribution in [0.15, 0.2) is 0 Å². The van der Waals surface area contributed by atoms with E-state index in [4.69, 9.17) is 0 Å². The Hall–Kier alpha value is -1.06. The van der Waals surface area contributed by atoms with Crippen LogP contribution in [0.3, 0.4) is 0 Å².